The first kappa shape index (κ1) is 19.0. The van der Waals surface area contributed by atoms with Gasteiger partial charge < -0.3 is 4.74 Å². The average molecular weight is 371 g/mol. The number of Topliss-reactive ketones (excluding diaryl/α,β-unsaturated/α-hetero) is 1. The molecule has 27 heavy (non-hydrogen) atoms. The molecule has 4 aliphatic rings. The molecule has 4 aliphatic carbocycles. The largest absolute Gasteiger partial charge is 0.463 e. The molecule has 3 heteroatoms. The first-order chi connectivity index (χ1) is 12.7. The summed E-state index contributed by atoms with van der Waals surface area (Å²) in [6.07, 6.45) is 10.3. The smallest absolute Gasteiger partial charge is 0.302 e. The lowest BCUT2D eigenvalue weighted by Gasteiger charge is -2.56. The number of carbonyl (C=O) groups excluding carboxylic acids is 2. The lowest BCUT2D eigenvalue weighted by molar-refractivity contribution is -0.151. The first-order valence-electron chi connectivity index (χ1n) is 10.8. The van der Waals surface area contributed by atoms with Crippen LogP contribution in [0.1, 0.15) is 79.6 Å². The normalized spacial score (nSPS) is 43.4. The molecule has 148 valence electrons. The second-order valence-corrected chi connectivity index (χ2v) is 10.1. The SMILES string of the molecule is CC(=O)OC1CC[C@]2(C)C3=CC[C@]4(C)C(C(C)=O)=C(C)C[C@H]4[C@@H]3CCC2C1. The van der Waals surface area contributed by atoms with Gasteiger partial charge in [0.2, 0.25) is 0 Å². The zero-order chi connectivity index (χ0) is 19.6. The van der Waals surface area contributed by atoms with Gasteiger partial charge in [0.1, 0.15) is 6.10 Å². The Morgan fingerprint density at radius 3 is 2.52 bits per heavy atom. The van der Waals surface area contributed by atoms with E-state index in [1.165, 1.54) is 25.3 Å². The van der Waals surface area contributed by atoms with Crippen LogP contribution in [0.5, 0.6) is 0 Å². The quantitative estimate of drug-likeness (QED) is 0.483. The van der Waals surface area contributed by atoms with Crippen molar-refractivity contribution in [3.63, 3.8) is 0 Å². The van der Waals surface area contributed by atoms with E-state index in [0.29, 0.717) is 17.8 Å². The van der Waals surface area contributed by atoms with Crippen molar-refractivity contribution >= 4 is 11.8 Å². The van der Waals surface area contributed by atoms with Gasteiger partial charge in [-0.25, -0.2) is 0 Å². The van der Waals surface area contributed by atoms with Crippen LogP contribution >= 0.6 is 0 Å². The number of carbonyl (C=O) groups is 2. The van der Waals surface area contributed by atoms with Crippen molar-refractivity contribution < 1.29 is 14.3 Å². The van der Waals surface area contributed by atoms with E-state index < -0.39 is 0 Å². The predicted octanol–water partition coefficient (Wildman–Crippen LogP) is 5.40. The average Bonchev–Trinajstić information content (AvgIpc) is 2.85. The molecule has 0 amide bonds. The Morgan fingerprint density at radius 1 is 1.11 bits per heavy atom. The van der Waals surface area contributed by atoms with Crippen LogP contribution in [0.2, 0.25) is 0 Å². The van der Waals surface area contributed by atoms with E-state index in [1.807, 2.05) is 0 Å². The number of hydrogen-bond donors (Lipinski definition) is 0. The van der Waals surface area contributed by atoms with Crippen LogP contribution in [-0.2, 0) is 14.3 Å². The number of ketones is 1. The van der Waals surface area contributed by atoms with Gasteiger partial charge in [-0.2, -0.15) is 0 Å². The molecule has 0 N–H and O–H groups in total. The summed E-state index contributed by atoms with van der Waals surface area (Å²) in [4.78, 5) is 23.8. The molecule has 0 aromatic heterocycles. The fraction of sp³-hybridized carbons (Fsp3) is 0.750. The van der Waals surface area contributed by atoms with E-state index in [1.54, 1.807) is 12.5 Å². The summed E-state index contributed by atoms with van der Waals surface area (Å²) in [5.74, 6) is 1.94. The van der Waals surface area contributed by atoms with Crippen LogP contribution in [0.15, 0.2) is 22.8 Å². The van der Waals surface area contributed by atoms with Crippen LogP contribution in [-0.4, -0.2) is 17.9 Å². The van der Waals surface area contributed by atoms with Crippen molar-refractivity contribution in [2.24, 2.45) is 28.6 Å². The minimum absolute atomic E-state index is 0.0300. The second-order valence-electron chi connectivity index (χ2n) is 10.1. The van der Waals surface area contributed by atoms with Gasteiger partial charge in [-0.3, -0.25) is 9.59 Å². The third kappa shape index (κ3) is 2.76. The van der Waals surface area contributed by atoms with Crippen molar-refractivity contribution in [1.82, 2.24) is 0 Å². The van der Waals surface area contributed by atoms with Gasteiger partial charge >= 0.3 is 5.97 Å². The van der Waals surface area contributed by atoms with Crippen LogP contribution in [0.4, 0.5) is 0 Å². The molecular formula is C24H34O3. The predicted molar refractivity (Wildman–Crippen MR) is 106 cm³/mol. The molecule has 2 unspecified atom stereocenters. The highest BCUT2D eigenvalue weighted by molar-refractivity contribution is 5.96. The molecule has 0 saturated heterocycles. The van der Waals surface area contributed by atoms with E-state index in [2.05, 4.69) is 26.8 Å². The van der Waals surface area contributed by atoms with Gasteiger partial charge in [-0.05, 0) is 82.0 Å². The molecule has 0 spiro atoms. The maximum absolute atomic E-state index is 12.4. The molecular weight excluding hydrogens is 336 g/mol. The summed E-state index contributed by atoms with van der Waals surface area (Å²) < 4.78 is 5.56. The molecule has 0 aromatic rings. The molecule has 0 radical (unpaired) electrons. The molecule has 4 rings (SSSR count). The summed E-state index contributed by atoms with van der Waals surface area (Å²) in [6, 6.07) is 0. The lowest BCUT2D eigenvalue weighted by atomic mass is 9.48. The number of ether oxygens (including phenoxy) is 1. The lowest BCUT2D eigenvalue weighted by Crippen LogP contribution is -2.48. The minimum atomic E-state index is -0.144. The Kier molecular flexibility index (Phi) is 4.44. The van der Waals surface area contributed by atoms with E-state index in [4.69, 9.17) is 4.74 Å². The molecule has 0 heterocycles. The van der Waals surface area contributed by atoms with Gasteiger partial charge in [-0.15, -0.1) is 0 Å². The number of hydrogen-bond acceptors (Lipinski definition) is 3. The third-order valence-corrected chi connectivity index (χ3v) is 8.58. The summed E-state index contributed by atoms with van der Waals surface area (Å²) in [6.45, 7) is 10.3. The van der Waals surface area contributed by atoms with Crippen molar-refractivity contribution in [1.29, 1.82) is 0 Å². The third-order valence-electron chi connectivity index (χ3n) is 8.58. The molecule has 0 aromatic carbocycles. The molecule has 0 aliphatic heterocycles. The van der Waals surface area contributed by atoms with Crippen LogP contribution in [0.25, 0.3) is 0 Å². The summed E-state index contributed by atoms with van der Waals surface area (Å²) >= 11 is 0. The van der Waals surface area contributed by atoms with Gasteiger partial charge in [-0.1, -0.05) is 31.1 Å². The Labute approximate surface area is 163 Å². The van der Waals surface area contributed by atoms with Gasteiger partial charge in [0, 0.05) is 17.9 Å². The number of fused-ring (bicyclic) bond motifs is 5. The maximum Gasteiger partial charge on any atom is 0.302 e. The zero-order valence-corrected chi connectivity index (χ0v) is 17.6. The molecule has 2 saturated carbocycles. The first-order valence-corrected chi connectivity index (χ1v) is 10.8. The highest BCUT2D eigenvalue weighted by Crippen LogP contribution is 2.65. The van der Waals surface area contributed by atoms with Crippen LogP contribution in [0, 0.1) is 28.6 Å². The van der Waals surface area contributed by atoms with E-state index in [-0.39, 0.29) is 28.7 Å². The van der Waals surface area contributed by atoms with E-state index >= 15 is 0 Å². The Morgan fingerprint density at radius 2 is 1.85 bits per heavy atom. The van der Waals surface area contributed by atoms with Crippen molar-refractivity contribution in [3.8, 4) is 0 Å². The fourth-order valence-corrected chi connectivity index (χ4v) is 7.48. The zero-order valence-electron chi connectivity index (χ0n) is 17.6. The van der Waals surface area contributed by atoms with Crippen molar-refractivity contribution in [2.75, 3.05) is 0 Å². The van der Waals surface area contributed by atoms with E-state index in [9.17, 15) is 9.59 Å². The number of allylic oxidation sites excluding steroid dienone is 4. The summed E-state index contributed by atoms with van der Waals surface area (Å²) in [5, 5.41) is 0. The highest BCUT2D eigenvalue weighted by Gasteiger charge is 2.56. The van der Waals surface area contributed by atoms with Gasteiger partial charge in [0.25, 0.3) is 0 Å². The molecule has 6 atom stereocenters. The summed E-state index contributed by atoms with van der Waals surface area (Å²) in [7, 11) is 0. The number of rotatable bonds is 2. The Hall–Kier alpha value is -1.38. The standard InChI is InChI=1S/C24H34O3/c1-14-12-21-19-7-6-17-13-18(27-16(3)26)8-10-23(17,4)20(19)9-11-24(21,5)22(14)15(2)25/h9,17-19,21H,6-8,10-13H2,1-5H3/t17?,18?,19-,21+,23+,24+/m1/s1. The maximum atomic E-state index is 12.4. The molecule has 3 nitrogen and oxygen atoms in total. The molecule has 0 bridgehead atoms. The monoisotopic (exact) mass is 370 g/mol. The Balaban J connectivity index is 1.62. The van der Waals surface area contributed by atoms with Crippen molar-refractivity contribution in [3.05, 3.63) is 22.8 Å². The molecule has 2 fully saturated rings. The highest BCUT2D eigenvalue weighted by atomic mass is 16.5. The minimum Gasteiger partial charge on any atom is -0.463 e. The topological polar surface area (TPSA) is 43.4 Å². The Bertz CT molecular complexity index is 745. The van der Waals surface area contributed by atoms with Crippen molar-refractivity contribution in [2.45, 2.75) is 85.7 Å². The number of esters is 1. The van der Waals surface area contributed by atoms with Crippen LogP contribution < -0.4 is 0 Å². The van der Waals surface area contributed by atoms with Crippen LogP contribution in [0.3, 0.4) is 0 Å². The second kappa shape index (κ2) is 6.32. The van der Waals surface area contributed by atoms with Gasteiger partial charge in [0.05, 0.1) is 0 Å². The van der Waals surface area contributed by atoms with Gasteiger partial charge in [0.15, 0.2) is 5.78 Å². The van der Waals surface area contributed by atoms with E-state index in [0.717, 1.165) is 37.7 Å². The fourth-order valence-electron chi connectivity index (χ4n) is 7.48. The summed E-state index contributed by atoms with van der Waals surface area (Å²) in [5.41, 5.74) is 4.39.